The molecular formula is C48H132F3N17O13+8. The SMILES string of the molecule is CCC[N+](C)(CCO)CCNO.C[N+](C)(C)CCNO.C[N+](C)(CCNO)CC(F)(F)F.C[N+](C)(CCNO)CC(O)CO.C[N+](C)(CCNO)CCON.C[N+](C)(CCNO)CC[N+](C)(C)CCON.C[N+](C)(CCO)CCNO. The Bertz CT molecular complexity index is 1290. The Morgan fingerprint density at radius 3 is 0.975 bits per heavy atom. The molecule has 0 aliphatic heterocycles. The summed E-state index contributed by atoms with van der Waals surface area (Å²) in [5.74, 6) is 9.92. The van der Waals surface area contributed by atoms with Gasteiger partial charge in [0.2, 0.25) is 0 Å². The van der Waals surface area contributed by atoms with E-state index in [0.29, 0.717) is 70.1 Å². The number of hydroxylamine groups is 7. The average molecular weight is 1210 g/mol. The fourth-order valence-corrected chi connectivity index (χ4v) is 6.73. The highest BCUT2D eigenvalue weighted by atomic mass is 19.4. The number of nitrogens with one attached hydrogen (secondary N) is 7. The van der Waals surface area contributed by atoms with Gasteiger partial charge in [-0.3, -0.25) is 9.68 Å². The smallest absolute Gasteiger partial charge is 0.393 e. The van der Waals surface area contributed by atoms with Crippen LogP contribution >= 0.6 is 0 Å². The number of aliphatic hydroxyl groups excluding tert-OH is 4. The third kappa shape index (κ3) is 80.7. The summed E-state index contributed by atoms with van der Waals surface area (Å²) < 4.78 is 41.0. The summed E-state index contributed by atoms with van der Waals surface area (Å²) in [5.41, 5.74) is 14.5. The molecule has 2 unspecified atom stereocenters. The second-order valence-electron chi connectivity index (χ2n) is 25.0. The molecule has 0 bridgehead atoms. The van der Waals surface area contributed by atoms with Gasteiger partial charge < -0.3 is 92.7 Å². The predicted molar refractivity (Wildman–Crippen MR) is 307 cm³/mol. The normalized spacial score (nSPS) is 13.4. The van der Waals surface area contributed by atoms with E-state index in [-0.39, 0.29) is 37.4 Å². The van der Waals surface area contributed by atoms with Crippen LogP contribution in [0.2, 0.25) is 0 Å². The average Bonchev–Trinajstić information content (AvgIpc) is 3.35. The summed E-state index contributed by atoms with van der Waals surface area (Å²) in [7, 11) is 31.9. The van der Waals surface area contributed by atoms with Crippen LogP contribution < -0.4 is 50.2 Å². The van der Waals surface area contributed by atoms with Gasteiger partial charge in [-0.2, -0.15) is 51.5 Å². The molecule has 0 rings (SSSR count). The number of likely N-dealkylation sites (N-methyl/N-ethyl adjacent to an activating group) is 8. The first-order valence-corrected chi connectivity index (χ1v) is 27.5. The summed E-state index contributed by atoms with van der Waals surface area (Å²) in [5, 5.41) is 93.5. The van der Waals surface area contributed by atoms with Crippen LogP contribution in [0.4, 0.5) is 13.2 Å². The molecule has 81 heavy (non-hydrogen) atoms. The Morgan fingerprint density at radius 1 is 0.395 bits per heavy atom. The third-order valence-corrected chi connectivity index (χ3v) is 12.4. The molecule has 0 aromatic carbocycles. The lowest BCUT2D eigenvalue weighted by atomic mass is 10.3. The van der Waals surface area contributed by atoms with Crippen molar-refractivity contribution in [2.24, 2.45) is 11.8 Å². The molecular weight excluding hydrogens is 1080 g/mol. The molecule has 33 heteroatoms. The highest BCUT2D eigenvalue weighted by molar-refractivity contribution is 4.51. The van der Waals surface area contributed by atoms with E-state index in [4.69, 9.17) is 68.7 Å². The molecule has 0 spiro atoms. The number of alkyl halides is 3. The number of aliphatic hydroxyl groups is 4. The van der Waals surface area contributed by atoms with E-state index in [1.807, 2.05) is 33.7 Å². The van der Waals surface area contributed by atoms with Crippen LogP contribution in [0.25, 0.3) is 0 Å². The van der Waals surface area contributed by atoms with Gasteiger partial charge in [0.1, 0.15) is 65.1 Å². The summed E-state index contributed by atoms with van der Waals surface area (Å²) >= 11 is 0. The van der Waals surface area contributed by atoms with E-state index in [2.05, 4.69) is 120 Å². The van der Waals surface area contributed by atoms with Crippen molar-refractivity contribution in [2.75, 3.05) is 296 Å². The molecule has 0 aliphatic rings. The molecule has 0 saturated heterocycles. The van der Waals surface area contributed by atoms with Gasteiger partial charge in [0.15, 0.2) is 6.54 Å². The number of nitrogens with zero attached hydrogens (tertiary/aromatic N) is 8. The predicted octanol–water partition coefficient (Wildman–Crippen LogP) is -4.54. The molecule has 30 nitrogen and oxygen atoms in total. The van der Waals surface area contributed by atoms with E-state index >= 15 is 0 Å². The molecule has 0 amide bonds. The summed E-state index contributed by atoms with van der Waals surface area (Å²) in [4.78, 5) is 9.07. The van der Waals surface area contributed by atoms with E-state index < -0.39 is 18.8 Å². The number of nitrogens with two attached hydrogens (primary N) is 2. The van der Waals surface area contributed by atoms with Crippen LogP contribution in [0.5, 0.6) is 0 Å². The highest BCUT2D eigenvalue weighted by Crippen LogP contribution is 2.18. The van der Waals surface area contributed by atoms with E-state index in [1.54, 1.807) is 0 Å². The standard InChI is InChI=1S/C10H28N4O2.C8H21N2O2.C7H19N2O3.C6H14F3N2O.C6H18N3O2.C6H17N2O2.C5H15N2O/c1-13(2,6-5-12-15)7-8-14(3,4)9-10-16-11;1-3-5-10(2,7-8-11)6-4-9-12;1-9(2,4-3-8-12)5-7(11)6-10;1-11(2,4-3-10-12)5-6(7,8)9;1-9(2,4-3-8-10)5-6-11-7;1-8(2,5-6-9)4-3-7-10;1-7(2,3)5-4-6-8/h12,15H,5-11H2,1-4H3;9,11-12H,3-8H2,1-2H3;7-8,10-12H,3-6H2,1-2H3;10,12H,3-5H2,1-2H3;8,10H,3-7H2,1-2H3;7,9-10H,3-6H2,1-2H3;6,8H,4-5H2,1-3H3/q+2;6*+1. The maximum atomic E-state index is 11.9. The molecule has 0 aromatic heterocycles. The first-order chi connectivity index (χ1) is 37.1. The van der Waals surface area contributed by atoms with Crippen LogP contribution in [0.1, 0.15) is 13.3 Å². The van der Waals surface area contributed by atoms with Gasteiger partial charge in [-0.1, -0.05) is 6.92 Å². The molecule has 2 atom stereocenters. The van der Waals surface area contributed by atoms with Gasteiger partial charge >= 0.3 is 6.18 Å². The third-order valence-electron chi connectivity index (χ3n) is 12.4. The highest BCUT2D eigenvalue weighted by Gasteiger charge is 2.37. The first-order valence-electron chi connectivity index (χ1n) is 27.5. The molecule has 500 valence electrons. The largest absolute Gasteiger partial charge is 0.438 e. The van der Waals surface area contributed by atoms with Crippen LogP contribution in [0.3, 0.4) is 0 Å². The number of rotatable bonds is 40. The zero-order valence-corrected chi connectivity index (χ0v) is 53.7. The summed E-state index contributed by atoms with van der Waals surface area (Å²) in [6, 6.07) is 0. The molecule has 0 aromatic rings. The molecule has 0 fully saturated rings. The molecule has 0 radical (unpaired) electrons. The molecule has 0 heterocycles. The number of quaternary nitrogens is 8. The van der Waals surface area contributed by atoms with E-state index in [9.17, 15) is 13.2 Å². The van der Waals surface area contributed by atoms with Crippen molar-refractivity contribution in [3.8, 4) is 0 Å². The minimum Gasteiger partial charge on any atom is -0.393 e. The van der Waals surface area contributed by atoms with Crippen LogP contribution in [-0.2, 0) is 9.68 Å². The lowest BCUT2D eigenvalue weighted by molar-refractivity contribution is -0.945. The molecule has 0 saturated carbocycles. The number of halogens is 3. The van der Waals surface area contributed by atoms with Gasteiger partial charge in [-0.05, 0) is 6.42 Å². The van der Waals surface area contributed by atoms with Gasteiger partial charge in [0.25, 0.3) is 0 Å². The Hall–Kier alpha value is -1.41. The zero-order chi connectivity index (χ0) is 64.9. The van der Waals surface area contributed by atoms with Crippen molar-refractivity contribution in [3.63, 3.8) is 0 Å². The van der Waals surface area contributed by atoms with Crippen molar-refractivity contribution in [2.45, 2.75) is 25.6 Å². The van der Waals surface area contributed by atoms with Gasteiger partial charge in [0.05, 0.1) is 231 Å². The second kappa shape index (κ2) is 54.0. The number of hydrogen-bond donors (Lipinski definition) is 20. The van der Waals surface area contributed by atoms with Crippen molar-refractivity contribution < 1.29 is 116 Å². The Labute approximate surface area is 486 Å². The van der Waals surface area contributed by atoms with E-state index in [0.717, 1.165) is 112 Å². The zero-order valence-electron chi connectivity index (χ0n) is 53.7. The minimum absolute atomic E-state index is 0.156. The monoisotopic (exact) mass is 1210 g/mol. The quantitative estimate of drug-likeness (QED) is 0.0203. The maximum absolute atomic E-state index is 11.9. The van der Waals surface area contributed by atoms with Crippen LogP contribution in [-0.4, -0.2) is 401 Å². The second-order valence-corrected chi connectivity index (χ2v) is 25.0. The van der Waals surface area contributed by atoms with E-state index in [1.165, 1.54) is 14.1 Å². The fourth-order valence-electron chi connectivity index (χ4n) is 6.73. The number of hydrogen-bond acceptors (Lipinski definition) is 22. The lowest BCUT2D eigenvalue weighted by Gasteiger charge is -2.35. The van der Waals surface area contributed by atoms with Gasteiger partial charge in [0, 0.05) is 0 Å². The van der Waals surface area contributed by atoms with Crippen molar-refractivity contribution in [3.05, 3.63) is 0 Å². The van der Waals surface area contributed by atoms with Gasteiger partial charge in [-0.25, -0.2) is 11.8 Å². The van der Waals surface area contributed by atoms with Crippen molar-refractivity contribution in [1.29, 1.82) is 0 Å². The topological polar surface area (TPSA) is 377 Å². The lowest BCUT2D eigenvalue weighted by Crippen LogP contribution is -2.53. The fraction of sp³-hybridized carbons (Fsp3) is 1.00. The maximum Gasteiger partial charge on any atom is 0.438 e. The Morgan fingerprint density at radius 2 is 0.691 bits per heavy atom. The summed E-state index contributed by atoms with van der Waals surface area (Å²) in [6.07, 6.45) is -3.74. The van der Waals surface area contributed by atoms with Gasteiger partial charge in [-0.15, -0.1) is 0 Å². The Kier molecular flexibility index (Phi) is 62.2. The molecule has 22 N–H and O–H groups in total. The summed E-state index contributed by atoms with van der Waals surface area (Å²) in [6.45, 7) is 18.4. The first kappa shape index (κ1) is 93.3. The van der Waals surface area contributed by atoms with Crippen LogP contribution in [0.15, 0.2) is 0 Å². The minimum atomic E-state index is -4.15. The van der Waals surface area contributed by atoms with Crippen LogP contribution in [0, 0.1) is 0 Å². The molecule has 0 aliphatic carbocycles. The van der Waals surface area contributed by atoms with Crippen molar-refractivity contribution >= 4 is 0 Å². The van der Waals surface area contributed by atoms with Crippen molar-refractivity contribution in [1.82, 2.24) is 38.4 Å². The Balaban J connectivity index is -0.000000159.